The van der Waals surface area contributed by atoms with Gasteiger partial charge in [0, 0.05) is 24.3 Å². The van der Waals surface area contributed by atoms with Gasteiger partial charge in [-0.1, -0.05) is 97.1 Å². The summed E-state index contributed by atoms with van der Waals surface area (Å²) in [5.41, 5.74) is 16.5. The topological polar surface area (TPSA) is 304 Å². The molecule has 0 saturated carbocycles. The van der Waals surface area contributed by atoms with Gasteiger partial charge in [-0.25, -0.2) is 31.8 Å². The highest BCUT2D eigenvalue weighted by molar-refractivity contribution is 7.92. The molecule has 10 aromatic carbocycles. The average molecular weight is 1480 g/mol. The fourth-order valence-electron chi connectivity index (χ4n) is 11.4. The average Bonchev–Trinajstić information content (AvgIpc) is 0.716. The predicted octanol–water partition coefficient (Wildman–Crippen LogP) is 16.9. The number of anilines is 4. The SMILES string of the molecule is C=CC(=O)OCCCCCCOc1ccc(C(=O)Oc2ccc(-c3ccc(Oc4cc(NS(=O)c5ccc(C)cc5)c5c(c4N)C(=O)c4c(N)c(Oc6ccc(-c7ccc(OC(=O)c8ccc(OCCCCCCOC(=O)C=C)cc8)cc7)cc6)cc(NS(=O)(=O)c6ccc(C)cc6)c4C5=O)cc3)cc2)cc1. The van der Waals surface area contributed by atoms with E-state index in [1.165, 1.54) is 24.3 Å². The molecule has 1 atom stereocenters. The van der Waals surface area contributed by atoms with E-state index in [0.29, 0.717) is 65.4 Å². The zero-order valence-corrected chi connectivity index (χ0v) is 60.2. The molecule has 107 heavy (non-hydrogen) atoms. The van der Waals surface area contributed by atoms with Crippen LogP contribution in [0.2, 0.25) is 0 Å². The number of nitrogens with two attached hydrogens (primary N) is 2. The number of rotatable bonds is 34. The Labute approximate surface area is 621 Å². The molecule has 0 heterocycles. The maximum atomic E-state index is 15.6. The van der Waals surface area contributed by atoms with Crippen LogP contribution in [0.5, 0.6) is 46.0 Å². The van der Waals surface area contributed by atoms with Crippen LogP contribution in [0.1, 0.15) is 115 Å². The number of nitrogen functional groups attached to an aromatic ring is 2. The molecule has 1 unspecified atom stereocenters. The van der Waals surface area contributed by atoms with Crippen LogP contribution in [-0.2, 0) is 40.1 Å². The number of hydrogen-bond acceptors (Lipinski definition) is 19. The van der Waals surface area contributed by atoms with Crippen LogP contribution in [0.3, 0.4) is 0 Å². The van der Waals surface area contributed by atoms with Gasteiger partial charge in [0.05, 0.1) is 92.3 Å². The molecule has 6 N–H and O–H groups in total. The molecule has 0 bridgehead atoms. The summed E-state index contributed by atoms with van der Waals surface area (Å²) >= 11 is 0. The highest BCUT2D eigenvalue weighted by atomic mass is 32.2. The minimum atomic E-state index is -4.51. The molecule has 1 aliphatic rings. The molecule has 1 aliphatic carbocycles. The van der Waals surface area contributed by atoms with Crippen LogP contribution >= 0.6 is 0 Å². The van der Waals surface area contributed by atoms with Crippen LogP contribution < -0.4 is 49.3 Å². The lowest BCUT2D eigenvalue weighted by molar-refractivity contribution is -0.138. The Morgan fingerprint density at radius 2 is 0.776 bits per heavy atom. The largest absolute Gasteiger partial charge is 0.494 e. The Kier molecular flexibility index (Phi) is 24.9. The summed E-state index contributed by atoms with van der Waals surface area (Å²) < 4.78 is 94.4. The van der Waals surface area contributed by atoms with E-state index in [9.17, 15) is 31.8 Å². The molecule has 0 amide bonds. The molecule has 11 rings (SSSR count). The number of benzene rings is 10. The first-order valence-electron chi connectivity index (χ1n) is 34.3. The summed E-state index contributed by atoms with van der Waals surface area (Å²) in [7, 11) is -6.58. The Balaban J connectivity index is 0.800. The lowest BCUT2D eigenvalue weighted by atomic mass is 9.80. The van der Waals surface area contributed by atoms with Crippen LogP contribution in [0.4, 0.5) is 22.7 Å². The van der Waals surface area contributed by atoms with Gasteiger partial charge in [-0.2, -0.15) is 0 Å². The standard InChI is InChI=1S/C84H76N4O17S2/c1-5-73(89)100-49-13-9-7-11-47-98-61-31-27-59(28-32-61)83(93)104-65-39-23-57(24-40-65)55-19-35-63(36-20-55)102-71-51-69(87-106(95)67-43-15-53(3)16-44-67)75-77(79(71)85)82(92)78-76(81(75)91)70(88-107(96,97)68-45-17-54(4)18-46-68)52-72(80(78)86)103-64-37-21-56(22-38-64)58-25-41-66(42-26-58)105-84(94)60-29-33-62(34-30-60)99-48-12-8-10-14-50-101-74(90)6-2/h5-6,15-46,51-52,87-88H,1-2,7-14,47-50,85-86H2,3-4H3. The van der Waals surface area contributed by atoms with E-state index in [2.05, 4.69) is 22.6 Å². The van der Waals surface area contributed by atoms with Crippen molar-refractivity contribution in [1.29, 1.82) is 0 Å². The molecule has 546 valence electrons. The maximum absolute atomic E-state index is 15.6. The lowest BCUT2D eigenvalue weighted by Gasteiger charge is -2.27. The molecule has 0 spiro atoms. The van der Waals surface area contributed by atoms with Crippen molar-refractivity contribution in [2.45, 2.75) is 75.0 Å². The third-order valence-electron chi connectivity index (χ3n) is 17.2. The number of esters is 4. The quantitative estimate of drug-likeness (QED) is 0.00957. The highest BCUT2D eigenvalue weighted by Gasteiger charge is 2.41. The van der Waals surface area contributed by atoms with Gasteiger partial charge in [0.2, 0.25) is 0 Å². The molecular formula is C84H76N4O17S2. The van der Waals surface area contributed by atoms with Gasteiger partial charge in [0.1, 0.15) is 45.5 Å². The number of unbranched alkanes of at least 4 members (excludes halogenated alkanes) is 6. The Morgan fingerprint density at radius 3 is 1.18 bits per heavy atom. The summed E-state index contributed by atoms with van der Waals surface area (Å²) in [5, 5.41) is 0. The number of fused-ring (bicyclic) bond motifs is 2. The second-order valence-corrected chi connectivity index (χ2v) is 27.7. The fourth-order valence-corrected chi connectivity index (χ4v) is 13.3. The number of hydrogen-bond donors (Lipinski definition) is 4. The van der Waals surface area contributed by atoms with E-state index in [1.54, 1.807) is 189 Å². The van der Waals surface area contributed by atoms with Gasteiger partial charge in [0.25, 0.3) is 10.0 Å². The van der Waals surface area contributed by atoms with Crippen LogP contribution in [-0.4, -0.2) is 74.5 Å². The Hall–Kier alpha value is -12.6. The predicted molar refractivity (Wildman–Crippen MR) is 409 cm³/mol. The van der Waals surface area contributed by atoms with E-state index in [0.717, 1.165) is 96.9 Å². The summed E-state index contributed by atoms with van der Waals surface area (Å²) in [6, 6.07) is 55.9. The second-order valence-electron chi connectivity index (χ2n) is 24.8. The number of nitrogens with one attached hydrogen (secondary N) is 2. The summed E-state index contributed by atoms with van der Waals surface area (Å²) in [5.74, 6) is -1.90. The Bertz CT molecular complexity index is 5070. The van der Waals surface area contributed by atoms with Crippen molar-refractivity contribution in [3.63, 3.8) is 0 Å². The number of ether oxygens (including phenoxy) is 8. The zero-order valence-electron chi connectivity index (χ0n) is 58.6. The monoisotopic (exact) mass is 1480 g/mol. The molecule has 10 aromatic rings. The number of sulfonamides is 1. The molecule has 0 aromatic heterocycles. The smallest absolute Gasteiger partial charge is 0.343 e. The minimum Gasteiger partial charge on any atom is -0.494 e. The van der Waals surface area contributed by atoms with Crippen LogP contribution in [0, 0.1) is 13.8 Å². The van der Waals surface area contributed by atoms with E-state index >= 15 is 9.59 Å². The van der Waals surface area contributed by atoms with Gasteiger partial charge in [0.15, 0.2) is 23.1 Å². The molecule has 21 nitrogen and oxygen atoms in total. The number of aryl methyl sites for hydroxylation is 2. The lowest BCUT2D eigenvalue weighted by Crippen LogP contribution is -2.28. The Morgan fingerprint density at radius 1 is 0.430 bits per heavy atom. The normalized spacial score (nSPS) is 11.8. The van der Waals surface area contributed by atoms with Gasteiger partial charge in [-0.3, -0.25) is 14.3 Å². The summed E-state index contributed by atoms with van der Waals surface area (Å²) in [4.78, 5) is 80.1. The zero-order chi connectivity index (χ0) is 75.6. The van der Waals surface area contributed by atoms with Gasteiger partial charge in [-0.15, -0.1) is 0 Å². The van der Waals surface area contributed by atoms with Crippen molar-refractivity contribution in [2.24, 2.45) is 0 Å². The first kappa shape index (κ1) is 75.6. The van der Waals surface area contributed by atoms with Crippen LogP contribution in [0.25, 0.3) is 22.3 Å². The third-order valence-corrected chi connectivity index (χ3v) is 19.6. The van der Waals surface area contributed by atoms with Crippen molar-refractivity contribution < 1.29 is 79.3 Å². The van der Waals surface area contributed by atoms with Crippen molar-refractivity contribution >= 4 is 79.2 Å². The van der Waals surface area contributed by atoms with Crippen molar-refractivity contribution in [2.75, 3.05) is 47.3 Å². The first-order valence-corrected chi connectivity index (χ1v) is 37.0. The summed E-state index contributed by atoms with van der Waals surface area (Å²) in [6.45, 7) is 12.1. The van der Waals surface area contributed by atoms with Crippen molar-refractivity contribution in [3.05, 3.63) is 276 Å². The molecule has 0 radical (unpaired) electrons. The number of carbonyl (C=O) groups excluding carboxylic acids is 6. The molecule has 0 saturated heterocycles. The van der Waals surface area contributed by atoms with Gasteiger partial charge in [-0.05, 0) is 209 Å². The molecule has 0 aliphatic heterocycles. The second kappa shape index (κ2) is 35.3. The number of carbonyl (C=O) groups is 6. The van der Waals surface area contributed by atoms with E-state index < -0.39 is 67.6 Å². The fraction of sp³-hybridized carbons (Fsp3) is 0.167. The minimum absolute atomic E-state index is 0.120. The number of ketones is 2. The molecular weight excluding hydrogens is 1400 g/mol. The van der Waals surface area contributed by atoms with Crippen LogP contribution in [0.15, 0.2) is 241 Å². The van der Waals surface area contributed by atoms with Gasteiger partial charge >= 0.3 is 23.9 Å². The first-order chi connectivity index (χ1) is 51.7. The van der Waals surface area contributed by atoms with E-state index in [4.69, 9.17) is 49.4 Å². The van der Waals surface area contributed by atoms with E-state index in [1.807, 2.05) is 6.92 Å². The van der Waals surface area contributed by atoms with E-state index in [-0.39, 0.29) is 61.8 Å². The van der Waals surface area contributed by atoms with Gasteiger partial charge < -0.3 is 54.1 Å². The summed E-state index contributed by atoms with van der Waals surface area (Å²) in [6.07, 6.45) is 8.94. The van der Waals surface area contributed by atoms with Crippen molar-refractivity contribution in [3.8, 4) is 68.2 Å². The highest BCUT2D eigenvalue weighted by Crippen LogP contribution is 2.49. The molecule has 23 heteroatoms. The third kappa shape index (κ3) is 19.4. The van der Waals surface area contributed by atoms with Crippen molar-refractivity contribution in [1.82, 2.24) is 0 Å². The molecule has 0 fully saturated rings. The maximum Gasteiger partial charge on any atom is 0.343 e.